The fourth-order valence-corrected chi connectivity index (χ4v) is 1.53. The highest BCUT2D eigenvalue weighted by Gasteiger charge is 2.04. The van der Waals surface area contributed by atoms with Crippen LogP contribution in [0.1, 0.15) is 0 Å². The van der Waals surface area contributed by atoms with Crippen LogP contribution in [0.5, 0.6) is 5.75 Å². The first kappa shape index (κ1) is 8.58. The number of fused-ring (bicyclic) bond motifs is 1. The number of hydrogen-bond donors (Lipinski definition) is 0. The van der Waals surface area contributed by atoms with Gasteiger partial charge in [0.2, 0.25) is 0 Å². The smallest absolute Gasteiger partial charge is 0.195 e. The molecule has 0 radical (unpaired) electrons. The molecule has 0 saturated carbocycles. The third-order valence-corrected chi connectivity index (χ3v) is 2.20. The van der Waals surface area contributed by atoms with E-state index in [-0.39, 0.29) is 0 Å². The van der Waals surface area contributed by atoms with E-state index in [0.717, 1.165) is 16.5 Å². The Bertz CT molecular complexity index is 511. The lowest BCUT2D eigenvalue weighted by atomic mass is 10.1. The van der Waals surface area contributed by atoms with Crippen molar-refractivity contribution in [2.45, 2.75) is 0 Å². The standard InChI is InChI=1S/C12H9NO/c1-13-11-7-8-12(14-2)10-6-4-3-5-9(10)11/h3-8H,2H3. The van der Waals surface area contributed by atoms with Gasteiger partial charge in [-0.05, 0) is 11.5 Å². The summed E-state index contributed by atoms with van der Waals surface area (Å²) in [6.07, 6.45) is 0. The molecular weight excluding hydrogens is 174 g/mol. The Kier molecular flexibility index (Phi) is 2.08. The number of hydrogen-bond acceptors (Lipinski definition) is 1. The molecule has 0 bridgehead atoms. The fourth-order valence-electron chi connectivity index (χ4n) is 1.53. The van der Waals surface area contributed by atoms with Gasteiger partial charge in [-0.25, -0.2) is 4.85 Å². The molecule has 0 aromatic heterocycles. The van der Waals surface area contributed by atoms with E-state index >= 15 is 0 Å². The first-order chi connectivity index (χ1) is 6.86. The summed E-state index contributed by atoms with van der Waals surface area (Å²) in [5, 5.41) is 1.94. The van der Waals surface area contributed by atoms with Crippen molar-refractivity contribution in [3.63, 3.8) is 0 Å². The summed E-state index contributed by atoms with van der Waals surface area (Å²) < 4.78 is 5.22. The minimum atomic E-state index is 0.668. The highest BCUT2D eigenvalue weighted by molar-refractivity contribution is 5.98. The molecular formula is C12H9NO. The van der Waals surface area contributed by atoms with Crippen molar-refractivity contribution in [3.05, 3.63) is 47.8 Å². The van der Waals surface area contributed by atoms with Crippen LogP contribution in [0.25, 0.3) is 15.6 Å². The first-order valence-electron chi connectivity index (χ1n) is 4.30. The van der Waals surface area contributed by atoms with E-state index in [4.69, 9.17) is 11.3 Å². The Morgan fingerprint density at radius 1 is 1.07 bits per heavy atom. The van der Waals surface area contributed by atoms with Gasteiger partial charge in [-0.15, -0.1) is 0 Å². The summed E-state index contributed by atoms with van der Waals surface area (Å²) in [6.45, 7) is 7.04. The molecule has 0 spiro atoms. The number of benzene rings is 2. The maximum absolute atomic E-state index is 7.04. The lowest BCUT2D eigenvalue weighted by Crippen LogP contribution is -1.84. The van der Waals surface area contributed by atoms with E-state index in [1.54, 1.807) is 13.2 Å². The highest BCUT2D eigenvalue weighted by atomic mass is 16.5. The van der Waals surface area contributed by atoms with Crippen LogP contribution >= 0.6 is 0 Å². The van der Waals surface area contributed by atoms with E-state index in [9.17, 15) is 0 Å². The van der Waals surface area contributed by atoms with Crippen LogP contribution in [0, 0.1) is 6.57 Å². The third kappa shape index (κ3) is 1.20. The average Bonchev–Trinajstić information content (AvgIpc) is 2.27. The Morgan fingerprint density at radius 2 is 1.79 bits per heavy atom. The maximum atomic E-state index is 7.04. The summed E-state index contributed by atoms with van der Waals surface area (Å²) in [4.78, 5) is 3.47. The van der Waals surface area contributed by atoms with Crippen LogP contribution in [0.4, 0.5) is 5.69 Å². The molecule has 2 rings (SSSR count). The van der Waals surface area contributed by atoms with Gasteiger partial charge in [0.25, 0.3) is 0 Å². The molecule has 2 aromatic rings. The maximum Gasteiger partial charge on any atom is 0.195 e. The van der Waals surface area contributed by atoms with Crippen molar-refractivity contribution in [2.75, 3.05) is 7.11 Å². The van der Waals surface area contributed by atoms with Gasteiger partial charge in [-0.2, -0.15) is 0 Å². The summed E-state index contributed by atoms with van der Waals surface area (Å²) in [5.74, 6) is 0.813. The van der Waals surface area contributed by atoms with Crippen molar-refractivity contribution < 1.29 is 4.74 Å². The Labute approximate surface area is 82.6 Å². The molecule has 2 heteroatoms. The first-order valence-corrected chi connectivity index (χ1v) is 4.30. The van der Waals surface area contributed by atoms with Crippen LogP contribution in [0.2, 0.25) is 0 Å². The normalized spacial score (nSPS) is 9.71. The summed E-state index contributed by atoms with van der Waals surface area (Å²) in [6, 6.07) is 11.4. The number of nitrogens with zero attached hydrogens (tertiary/aromatic N) is 1. The second-order valence-electron chi connectivity index (χ2n) is 2.94. The van der Waals surface area contributed by atoms with Gasteiger partial charge in [0.05, 0.1) is 13.7 Å². The molecule has 0 aliphatic rings. The molecule has 0 saturated heterocycles. The molecule has 2 nitrogen and oxygen atoms in total. The summed E-state index contributed by atoms with van der Waals surface area (Å²) >= 11 is 0. The topological polar surface area (TPSA) is 13.6 Å². The summed E-state index contributed by atoms with van der Waals surface area (Å²) in [7, 11) is 1.64. The molecule has 0 unspecified atom stereocenters. The molecule has 0 heterocycles. The van der Waals surface area contributed by atoms with Gasteiger partial charge in [-0.3, -0.25) is 0 Å². The van der Waals surface area contributed by atoms with Crippen molar-refractivity contribution >= 4 is 16.5 Å². The van der Waals surface area contributed by atoms with Gasteiger partial charge in [-0.1, -0.05) is 30.3 Å². The lowest BCUT2D eigenvalue weighted by molar-refractivity contribution is 0.420. The van der Waals surface area contributed by atoms with Gasteiger partial charge < -0.3 is 4.74 Å². The van der Waals surface area contributed by atoms with E-state index in [2.05, 4.69) is 4.85 Å². The van der Waals surface area contributed by atoms with Crippen LogP contribution in [0.15, 0.2) is 36.4 Å². The summed E-state index contributed by atoms with van der Waals surface area (Å²) in [5.41, 5.74) is 0.668. The fraction of sp³-hybridized carbons (Fsp3) is 0.0833. The second kappa shape index (κ2) is 3.39. The molecule has 68 valence electrons. The Morgan fingerprint density at radius 3 is 2.43 bits per heavy atom. The molecule has 0 aliphatic heterocycles. The zero-order valence-corrected chi connectivity index (χ0v) is 7.82. The quantitative estimate of drug-likeness (QED) is 0.618. The zero-order valence-electron chi connectivity index (χ0n) is 7.82. The van der Waals surface area contributed by atoms with Crippen molar-refractivity contribution in [1.82, 2.24) is 0 Å². The lowest BCUT2D eigenvalue weighted by Gasteiger charge is -2.05. The van der Waals surface area contributed by atoms with E-state index in [0.29, 0.717) is 5.69 Å². The zero-order chi connectivity index (χ0) is 9.97. The van der Waals surface area contributed by atoms with Crippen molar-refractivity contribution in [2.24, 2.45) is 0 Å². The minimum absolute atomic E-state index is 0.668. The molecule has 14 heavy (non-hydrogen) atoms. The Balaban J connectivity index is 2.87. The largest absolute Gasteiger partial charge is 0.496 e. The monoisotopic (exact) mass is 183 g/mol. The van der Waals surface area contributed by atoms with Gasteiger partial charge in [0.15, 0.2) is 5.69 Å². The highest BCUT2D eigenvalue weighted by Crippen LogP contribution is 2.32. The second-order valence-corrected chi connectivity index (χ2v) is 2.94. The van der Waals surface area contributed by atoms with Gasteiger partial charge in [0.1, 0.15) is 5.75 Å². The van der Waals surface area contributed by atoms with E-state index in [1.165, 1.54) is 0 Å². The van der Waals surface area contributed by atoms with Crippen LogP contribution < -0.4 is 4.74 Å². The molecule has 2 aromatic carbocycles. The van der Waals surface area contributed by atoms with Crippen LogP contribution in [-0.2, 0) is 0 Å². The molecule has 0 N–H and O–H groups in total. The van der Waals surface area contributed by atoms with Gasteiger partial charge >= 0.3 is 0 Å². The van der Waals surface area contributed by atoms with Crippen molar-refractivity contribution in [1.29, 1.82) is 0 Å². The molecule has 0 amide bonds. The minimum Gasteiger partial charge on any atom is -0.496 e. The number of rotatable bonds is 1. The van der Waals surface area contributed by atoms with Crippen molar-refractivity contribution in [3.8, 4) is 5.75 Å². The number of methoxy groups -OCH3 is 1. The average molecular weight is 183 g/mol. The molecule has 0 aliphatic carbocycles. The predicted molar refractivity (Wildman–Crippen MR) is 56.8 cm³/mol. The van der Waals surface area contributed by atoms with Crippen LogP contribution in [0.3, 0.4) is 0 Å². The van der Waals surface area contributed by atoms with E-state index < -0.39 is 0 Å². The number of ether oxygens (including phenoxy) is 1. The van der Waals surface area contributed by atoms with E-state index in [1.807, 2.05) is 30.3 Å². The predicted octanol–water partition coefficient (Wildman–Crippen LogP) is 3.40. The Hall–Kier alpha value is -2.01. The molecule has 0 fully saturated rings. The van der Waals surface area contributed by atoms with Gasteiger partial charge in [0, 0.05) is 5.39 Å². The third-order valence-electron chi connectivity index (χ3n) is 2.20. The SMILES string of the molecule is [C-]#[N+]c1ccc(OC)c2ccccc12. The van der Waals surface area contributed by atoms with Crippen LogP contribution in [-0.4, -0.2) is 7.11 Å². The molecule has 0 atom stereocenters.